The summed E-state index contributed by atoms with van der Waals surface area (Å²) < 4.78 is 10.8. The lowest BCUT2D eigenvalue weighted by molar-refractivity contribution is -0.120. The molecule has 1 N–H and O–H groups in total. The second-order valence-electron chi connectivity index (χ2n) is 6.10. The van der Waals surface area contributed by atoms with Gasteiger partial charge >= 0.3 is 0 Å². The molecule has 1 atom stereocenters. The Morgan fingerprint density at radius 2 is 1.88 bits per heavy atom. The molecule has 0 bridgehead atoms. The van der Waals surface area contributed by atoms with Gasteiger partial charge in [0.15, 0.2) is 11.5 Å². The van der Waals surface area contributed by atoms with Crippen LogP contribution >= 0.6 is 0 Å². The van der Waals surface area contributed by atoms with Gasteiger partial charge in [0.25, 0.3) is 0 Å². The number of para-hydroxylation sites is 1. The van der Waals surface area contributed by atoms with E-state index < -0.39 is 0 Å². The van der Waals surface area contributed by atoms with Crippen molar-refractivity contribution in [1.29, 1.82) is 0 Å². The Balaban J connectivity index is 2.07. The highest BCUT2D eigenvalue weighted by atomic mass is 16.5. The van der Waals surface area contributed by atoms with Crippen LogP contribution < -0.4 is 14.8 Å². The summed E-state index contributed by atoms with van der Waals surface area (Å²) >= 11 is 0. The molecule has 1 amide bonds. The molecule has 0 radical (unpaired) electrons. The summed E-state index contributed by atoms with van der Waals surface area (Å²) in [5, 5.41) is 2.96. The third kappa shape index (κ3) is 4.73. The van der Waals surface area contributed by atoms with E-state index in [2.05, 4.69) is 5.32 Å². The van der Waals surface area contributed by atoms with E-state index in [0.29, 0.717) is 18.0 Å². The standard InChI is InChI=1S/C20H26N2O3/c1-14-8-6-10-17(12-14)21-20(23)15(2)22(3)13-16-9-7-11-18(24-4)19(16)25-5/h6-12,15H,13H2,1-5H3,(H,21,23). The van der Waals surface area contributed by atoms with E-state index in [-0.39, 0.29) is 11.9 Å². The third-order valence-corrected chi connectivity index (χ3v) is 4.23. The number of anilines is 1. The van der Waals surface area contributed by atoms with Gasteiger partial charge in [0.2, 0.25) is 5.91 Å². The van der Waals surface area contributed by atoms with Crippen molar-refractivity contribution in [3.8, 4) is 11.5 Å². The van der Waals surface area contributed by atoms with Crippen LogP contribution in [0.25, 0.3) is 0 Å². The number of carbonyl (C=O) groups is 1. The Hall–Kier alpha value is -2.53. The van der Waals surface area contributed by atoms with Crippen molar-refractivity contribution in [3.05, 3.63) is 53.6 Å². The minimum absolute atomic E-state index is 0.0463. The zero-order chi connectivity index (χ0) is 18.4. The van der Waals surface area contributed by atoms with E-state index in [9.17, 15) is 4.79 Å². The zero-order valence-corrected chi connectivity index (χ0v) is 15.5. The predicted octanol–water partition coefficient (Wildman–Crippen LogP) is 3.47. The van der Waals surface area contributed by atoms with E-state index in [1.54, 1.807) is 14.2 Å². The molecule has 5 heteroatoms. The minimum Gasteiger partial charge on any atom is -0.493 e. The monoisotopic (exact) mass is 342 g/mol. The van der Waals surface area contributed by atoms with Gasteiger partial charge in [-0.1, -0.05) is 24.3 Å². The summed E-state index contributed by atoms with van der Waals surface area (Å²) in [5.74, 6) is 1.34. The van der Waals surface area contributed by atoms with Gasteiger partial charge in [-0.15, -0.1) is 0 Å². The van der Waals surface area contributed by atoms with Gasteiger partial charge in [0.1, 0.15) is 0 Å². The Morgan fingerprint density at radius 1 is 1.16 bits per heavy atom. The van der Waals surface area contributed by atoms with Crippen LogP contribution in [0.5, 0.6) is 11.5 Å². The first-order valence-corrected chi connectivity index (χ1v) is 8.24. The summed E-state index contributed by atoms with van der Waals surface area (Å²) in [5.41, 5.74) is 2.89. The maximum Gasteiger partial charge on any atom is 0.241 e. The number of methoxy groups -OCH3 is 2. The molecule has 0 aliphatic carbocycles. The number of hydrogen-bond donors (Lipinski definition) is 1. The van der Waals surface area contributed by atoms with Crippen LogP contribution in [0.15, 0.2) is 42.5 Å². The fourth-order valence-electron chi connectivity index (χ4n) is 2.65. The molecule has 2 aromatic carbocycles. The molecule has 0 aliphatic heterocycles. The van der Waals surface area contributed by atoms with E-state index in [1.807, 2.05) is 68.3 Å². The van der Waals surface area contributed by atoms with Gasteiger partial charge in [-0.3, -0.25) is 9.69 Å². The smallest absolute Gasteiger partial charge is 0.241 e. The maximum absolute atomic E-state index is 12.5. The SMILES string of the molecule is COc1cccc(CN(C)C(C)C(=O)Nc2cccc(C)c2)c1OC. The lowest BCUT2D eigenvalue weighted by Crippen LogP contribution is -2.39. The van der Waals surface area contributed by atoms with Crippen molar-refractivity contribution < 1.29 is 14.3 Å². The molecule has 134 valence electrons. The summed E-state index contributed by atoms with van der Waals surface area (Å²) in [7, 11) is 5.15. The molecule has 0 aliphatic rings. The lowest BCUT2D eigenvalue weighted by atomic mass is 10.1. The number of benzene rings is 2. The molecule has 1 unspecified atom stereocenters. The molecule has 0 fully saturated rings. The first-order valence-electron chi connectivity index (χ1n) is 8.24. The van der Waals surface area contributed by atoms with E-state index in [4.69, 9.17) is 9.47 Å². The quantitative estimate of drug-likeness (QED) is 0.837. The van der Waals surface area contributed by atoms with Crippen LogP contribution in [-0.4, -0.2) is 38.1 Å². The fourth-order valence-corrected chi connectivity index (χ4v) is 2.65. The van der Waals surface area contributed by atoms with Crippen LogP contribution in [0.3, 0.4) is 0 Å². The van der Waals surface area contributed by atoms with E-state index in [1.165, 1.54) is 0 Å². The van der Waals surface area contributed by atoms with Crippen LogP contribution in [0.4, 0.5) is 5.69 Å². The summed E-state index contributed by atoms with van der Waals surface area (Å²) in [6, 6.07) is 13.2. The Labute approximate surface area is 149 Å². The number of ether oxygens (including phenoxy) is 2. The average Bonchev–Trinajstić information content (AvgIpc) is 2.60. The maximum atomic E-state index is 12.5. The predicted molar refractivity (Wildman–Crippen MR) is 100 cm³/mol. The number of rotatable bonds is 7. The second-order valence-corrected chi connectivity index (χ2v) is 6.10. The van der Waals surface area contributed by atoms with Gasteiger partial charge < -0.3 is 14.8 Å². The molecule has 2 aromatic rings. The Kier molecular flexibility index (Phi) is 6.42. The molecule has 0 spiro atoms. The molecule has 25 heavy (non-hydrogen) atoms. The number of nitrogens with zero attached hydrogens (tertiary/aromatic N) is 1. The molecule has 0 aromatic heterocycles. The minimum atomic E-state index is -0.295. The van der Waals surface area contributed by atoms with Gasteiger partial charge in [0, 0.05) is 17.8 Å². The number of likely N-dealkylation sites (N-methyl/N-ethyl adjacent to an activating group) is 1. The number of aryl methyl sites for hydroxylation is 1. The fraction of sp³-hybridized carbons (Fsp3) is 0.350. The highest BCUT2D eigenvalue weighted by Gasteiger charge is 2.20. The van der Waals surface area contributed by atoms with Crippen molar-refractivity contribution in [3.63, 3.8) is 0 Å². The van der Waals surface area contributed by atoms with Crippen molar-refractivity contribution in [2.75, 3.05) is 26.6 Å². The molecular weight excluding hydrogens is 316 g/mol. The van der Waals surface area contributed by atoms with E-state index in [0.717, 1.165) is 16.8 Å². The normalized spacial score (nSPS) is 11.9. The van der Waals surface area contributed by atoms with Crippen molar-refractivity contribution in [2.24, 2.45) is 0 Å². The number of amides is 1. The first kappa shape index (κ1) is 18.8. The van der Waals surface area contributed by atoms with Crippen LogP contribution in [0, 0.1) is 6.92 Å². The third-order valence-electron chi connectivity index (χ3n) is 4.23. The highest BCUT2D eigenvalue weighted by Crippen LogP contribution is 2.31. The number of carbonyl (C=O) groups excluding carboxylic acids is 1. The number of nitrogens with one attached hydrogen (secondary N) is 1. The van der Waals surface area contributed by atoms with E-state index >= 15 is 0 Å². The van der Waals surface area contributed by atoms with Crippen LogP contribution in [-0.2, 0) is 11.3 Å². The lowest BCUT2D eigenvalue weighted by Gasteiger charge is -2.25. The van der Waals surface area contributed by atoms with Crippen molar-refractivity contribution in [1.82, 2.24) is 4.90 Å². The van der Waals surface area contributed by atoms with Crippen LogP contribution in [0.1, 0.15) is 18.1 Å². The van der Waals surface area contributed by atoms with Crippen molar-refractivity contribution in [2.45, 2.75) is 26.4 Å². The van der Waals surface area contributed by atoms with Gasteiger partial charge in [-0.05, 0) is 44.7 Å². The largest absolute Gasteiger partial charge is 0.493 e. The molecule has 0 saturated heterocycles. The molecule has 0 heterocycles. The van der Waals surface area contributed by atoms with Crippen LogP contribution in [0.2, 0.25) is 0 Å². The Bertz CT molecular complexity index is 731. The zero-order valence-electron chi connectivity index (χ0n) is 15.5. The Morgan fingerprint density at radius 3 is 2.52 bits per heavy atom. The summed E-state index contributed by atoms with van der Waals surface area (Å²) in [6.45, 7) is 4.46. The number of hydrogen-bond acceptors (Lipinski definition) is 4. The highest BCUT2D eigenvalue weighted by molar-refractivity contribution is 5.94. The summed E-state index contributed by atoms with van der Waals surface area (Å²) in [6.07, 6.45) is 0. The van der Waals surface area contributed by atoms with Gasteiger partial charge in [-0.2, -0.15) is 0 Å². The second kappa shape index (κ2) is 8.53. The van der Waals surface area contributed by atoms with Gasteiger partial charge in [0.05, 0.1) is 20.3 Å². The van der Waals surface area contributed by atoms with Crippen molar-refractivity contribution >= 4 is 11.6 Å². The molecule has 0 saturated carbocycles. The van der Waals surface area contributed by atoms with Gasteiger partial charge in [-0.25, -0.2) is 0 Å². The average molecular weight is 342 g/mol. The molecular formula is C20H26N2O3. The molecule has 5 nitrogen and oxygen atoms in total. The first-order chi connectivity index (χ1) is 12.0. The molecule has 2 rings (SSSR count). The summed E-state index contributed by atoms with van der Waals surface area (Å²) in [4.78, 5) is 14.5. The topological polar surface area (TPSA) is 50.8 Å².